The van der Waals surface area contributed by atoms with E-state index >= 15 is 0 Å². The fourth-order valence-corrected chi connectivity index (χ4v) is 9.05. The highest BCUT2D eigenvalue weighted by atomic mass is 16.6. The maximum atomic E-state index is 12.9. The van der Waals surface area contributed by atoms with Gasteiger partial charge in [-0.15, -0.1) is 0 Å². The van der Waals surface area contributed by atoms with Gasteiger partial charge in [-0.25, -0.2) is 0 Å². The highest BCUT2D eigenvalue weighted by Crippen LogP contribution is 2.16. The Morgan fingerprint density at radius 2 is 0.507 bits per heavy atom. The van der Waals surface area contributed by atoms with Gasteiger partial charge in [0.05, 0.1) is 0 Å². The third kappa shape index (κ3) is 58.1. The zero-order valence-corrected chi connectivity index (χ0v) is 47.5. The van der Waals surface area contributed by atoms with Gasteiger partial charge in [0.1, 0.15) is 13.2 Å². The summed E-state index contributed by atoms with van der Waals surface area (Å²) in [6.07, 6.45) is 74.0. The van der Waals surface area contributed by atoms with Crippen molar-refractivity contribution in [3.8, 4) is 0 Å². The van der Waals surface area contributed by atoms with Crippen molar-refractivity contribution in [1.82, 2.24) is 0 Å². The first-order valence-electron chi connectivity index (χ1n) is 31.1. The van der Waals surface area contributed by atoms with Crippen LogP contribution in [0.25, 0.3) is 0 Å². The van der Waals surface area contributed by atoms with Gasteiger partial charge in [0.2, 0.25) is 0 Å². The molecule has 0 saturated carbocycles. The molecule has 71 heavy (non-hydrogen) atoms. The number of allylic oxidation sites excluding steroid dienone is 8. The molecule has 0 aromatic carbocycles. The lowest BCUT2D eigenvalue weighted by Gasteiger charge is -2.18. The van der Waals surface area contributed by atoms with Crippen molar-refractivity contribution >= 4 is 17.9 Å². The minimum atomic E-state index is -0.784. The second kappa shape index (κ2) is 59.9. The molecule has 0 radical (unpaired) electrons. The highest BCUT2D eigenvalue weighted by Gasteiger charge is 2.19. The lowest BCUT2D eigenvalue weighted by Crippen LogP contribution is -2.30. The van der Waals surface area contributed by atoms with Crippen LogP contribution in [-0.4, -0.2) is 37.2 Å². The molecule has 1 unspecified atom stereocenters. The molecular formula is C65H118O6. The van der Waals surface area contributed by atoms with E-state index in [0.717, 1.165) is 89.9 Å². The molecule has 6 heteroatoms. The quantitative estimate of drug-likeness (QED) is 0.0261. The number of rotatable bonds is 57. The van der Waals surface area contributed by atoms with Crippen LogP contribution in [0.5, 0.6) is 0 Å². The van der Waals surface area contributed by atoms with E-state index in [-0.39, 0.29) is 31.1 Å². The molecule has 0 bridgehead atoms. The zero-order valence-electron chi connectivity index (χ0n) is 47.5. The van der Waals surface area contributed by atoms with Crippen LogP contribution < -0.4 is 0 Å². The summed E-state index contributed by atoms with van der Waals surface area (Å²) >= 11 is 0. The molecule has 0 aliphatic rings. The van der Waals surface area contributed by atoms with E-state index in [0.29, 0.717) is 19.3 Å². The van der Waals surface area contributed by atoms with E-state index in [9.17, 15) is 14.4 Å². The lowest BCUT2D eigenvalue weighted by atomic mass is 10.0. The molecule has 0 aliphatic heterocycles. The van der Waals surface area contributed by atoms with Crippen LogP contribution in [0.15, 0.2) is 48.6 Å². The van der Waals surface area contributed by atoms with E-state index in [1.165, 1.54) is 199 Å². The average molecular weight is 996 g/mol. The third-order valence-corrected chi connectivity index (χ3v) is 13.8. The summed E-state index contributed by atoms with van der Waals surface area (Å²) < 4.78 is 16.9. The van der Waals surface area contributed by atoms with Gasteiger partial charge in [0.15, 0.2) is 6.10 Å². The molecule has 0 heterocycles. The number of hydrogen-bond acceptors (Lipinski definition) is 6. The first-order valence-corrected chi connectivity index (χ1v) is 31.1. The SMILES string of the molecule is CCCCC/C=C\C/C=C\CCCCCCCC(=O)OC(COC(=O)CCCCCCC/C=C\CCCCCCCC)COC(=O)CCCCCCCCCCCCC/C=C\CCCCCCCCCC. The summed E-state index contributed by atoms with van der Waals surface area (Å²) in [5.74, 6) is -0.887. The molecule has 0 saturated heterocycles. The second-order valence-corrected chi connectivity index (χ2v) is 21.0. The number of ether oxygens (including phenoxy) is 3. The van der Waals surface area contributed by atoms with Gasteiger partial charge in [0.25, 0.3) is 0 Å². The van der Waals surface area contributed by atoms with Crippen molar-refractivity contribution in [2.24, 2.45) is 0 Å². The smallest absolute Gasteiger partial charge is 0.306 e. The van der Waals surface area contributed by atoms with Gasteiger partial charge in [0, 0.05) is 19.3 Å². The van der Waals surface area contributed by atoms with Gasteiger partial charge >= 0.3 is 17.9 Å². The number of hydrogen-bond donors (Lipinski definition) is 0. The van der Waals surface area contributed by atoms with E-state index in [2.05, 4.69) is 69.4 Å². The van der Waals surface area contributed by atoms with Crippen molar-refractivity contribution in [2.75, 3.05) is 13.2 Å². The predicted octanol–water partition coefficient (Wildman–Crippen LogP) is 21.0. The molecular weight excluding hydrogens is 877 g/mol. The molecule has 0 spiro atoms. The molecule has 414 valence electrons. The average Bonchev–Trinajstić information content (AvgIpc) is 3.37. The second-order valence-electron chi connectivity index (χ2n) is 21.0. The van der Waals surface area contributed by atoms with Crippen molar-refractivity contribution < 1.29 is 28.6 Å². The highest BCUT2D eigenvalue weighted by molar-refractivity contribution is 5.71. The van der Waals surface area contributed by atoms with Gasteiger partial charge in [-0.3, -0.25) is 14.4 Å². The van der Waals surface area contributed by atoms with Gasteiger partial charge in [-0.1, -0.05) is 256 Å². The van der Waals surface area contributed by atoms with Gasteiger partial charge in [-0.05, 0) is 103 Å². The Morgan fingerprint density at radius 3 is 0.817 bits per heavy atom. The van der Waals surface area contributed by atoms with Crippen LogP contribution in [0.2, 0.25) is 0 Å². The molecule has 0 fully saturated rings. The molecule has 0 aromatic heterocycles. The van der Waals surface area contributed by atoms with E-state index < -0.39 is 6.10 Å². The third-order valence-electron chi connectivity index (χ3n) is 13.8. The Balaban J connectivity index is 4.31. The maximum Gasteiger partial charge on any atom is 0.306 e. The van der Waals surface area contributed by atoms with E-state index in [1.54, 1.807) is 0 Å². The first-order chi connectivity index (χ1) is 35.0. The van der Waals surface area contributed by atoms with Crippen molar-refractivity contribution in [3.63, 3.8) is 0 Å². The Morgan fingerprint density at radius 1 is 0.282 bits per heavy atom. The van der Waals surface area contributed by atoms with E-state index in [4.69, 9.17) is 14.2 Å². The van der Waals surface area contributed by atoms with Crippen LogP contribution >= 0.6 is 0 Å². The summed E-state index contributed by atoms with van der Waals surface area (Å²) in [7, 11) is 0. The monoisotopic (exact) mass is 995 g/mol. The van der Waals surface area contributed by atoms with Crippen LogP contribution in [0, 0.1) is 0 Å². The molecule has 6 nitrogen and oxygen atoms in total. The van der Waals surface area contributed by atoms with Crippen LogP contribution in [0.4, 0.5) is 0 Å². The Hall–Kier alpha value is -2.63. The first kappa shape index (κ1) is 68.4. The number of carbonyl (C=O) groups is 3. The Kier molecular flexibility index (Phi) is 57.7. The molecule has 0 rings (SSSR count). The van der Waals surface area contributed by atoms with Crippen molar-refractivity contribution in [3.05, 3.63) is 48.6 Å². The van der Waals surface area contributed by atoms with Crippen molar-refractivity contribution in [2.45, 2.75) is 335 Å². The van der Waals surface area contributed by atoms with Crippen LogP contribution in [0.1, 0.15) is 329 Å². The Bertz CT molecular complexity index is 1230. The lowest BCUT2D eigenvalue weighted by molar-refractivity contribution is -0.167. The Labute approximate surface area is 441 Å². The molecule has 0 aromatic rings. The number of esters is 3. The standard InChI is InChI=1S/C65H118O6/c1-4-7-10-13-16-19-22-25-28-29-30-31-32-33-34-35-38-40-43-46-49-52-55-58-64(67)70-61-62(71-65(68)59-56-53-50-47-44-41-37-27-24-21-18-15-12-9-6-3)60-69-63(66)57-54-51-48-45-42-39-36-26-23-20-17-14-11-8-5-2/h18,21,26-27,29-30,36-37,62H,4-17,19-20,22-25,28,31-35,38-61H2,1-3H3/b21-18-,30-29-,36-26-,37-27-. The minimum Gasteiger partial charge on any atom is -0.462 e. The van der Waals surface area contributed by atoms with Gasteiger partial charge < -0.3 is 14.2 Å². The molecule has 0 N–H and O–H groups in total. The summed E-state index contributed by atoms with van der Waals surface area (Å²) in [5, 5.41) is 0. The number of unbranched alkanes of at least 4 members (excludes halogenated alkanes) is 38. The largest absolute Gasteiger partial charge is 0.462 e. The zero-order chi connectivity index (χ0) is 51.4. The van der Waals surface area contributed by atoms with Gasteiger partial charge in [-0.2, -0.15) is 0 Å². The maximum absolute atomic E-state index is 12.9. The van der Waals surface area contributed by atoms with Crippen LogP contribution in [0.3, 0.4) is 0 Å². The summed E-state index contributed by atoms with van der Waals surface area (Å²) in [5.41, 5.74) is 0. The molecule has 1 atom stereocenters. The van der Waals surface area contributed by atoms with E-state index in [1.807, 2.05) is 0 Å². The fraction of sp³-hybridized carbons (Fsp3) is 0.831. The molecule has 0 aliphatic carbocycles. The summed E-state index contributed by atoms with van der Waals surface area (Å²) in [6, 6.07) is 0. The summed E-state index contributed by atoms with van der Waals surface area (Å²) in [4.78, 5) is 38.2. The fourth-order valence-electron chi connectivity index (χ4n) is 9.05. The normalized spacial score (nSPS) is 12.3. The molecule has 0 amide bonds. The summed E-state index contributed by atoms with van der Waals surface area (Å²) in [6.45, 7) is 6.63. The topological polar surface area (TPSA) is 78.9 Å². The van der Waals surface area contributed by atoms with Crippen LogP contribution in [-0.2, 0) is 28.6 Å². The minimum absolute atomic E-state index is 0.0799. The van der Waals surface area contributed by atoms with Crippen molar-refractivity contribution in [1.29, 1.82) is 0 Å². The predicted molar refractivity (Wildman–Crippen MR) is 307 cm³/mol. The number of carbonyl (C=O) groups excluding carboxylic acids is 3.